The molecule has 138 valence electrons. The Hall–Kier alpha value is -1.91. The first-order valence-corrected chi connectivity index (χ1v) is 10.3. The lowest BCUT2D eigenvalue weighted by atomic mass is 10.1. The van der Waals surface area contributed by atoms with Crippen LogP contribution in [0.25, 0.3) is 11.2 Å². The van der Waals surface area contributed by atoms with E-state index in [0.29, 0.717) is 18.0 Å². The fourth-order valence-corrected chi connectivity index (χ4v) is 4.56. The number of carbonyl (C=O) groups is 1. The third-order valence-corrected chi connectivity index (χ3v) is 6.34. The number of fused-ring (bicyclic) bond motifs is 3. The van der Waals surface area contributed by atoms with Gasteiger partial charge in [-0.3, -0.25) is 4.79 Å². The summed E-state index contributed by atoms with van der Waals surface area (Å²) in [6.07, 6.45) is 9.42. The Bertz CT molecular complexity index is 863. The van der Waals surface area contributed by atoms with Gasteiger partial charge in [-0.05, 0) is 64.4 Å². The maximum Gasteiger partial charge on any atom is 0.256 e. The lowest BCUT2D eigenvalue weighted by Crippen LogP contribution is -2.41. The molecular formula is C21H28N4O. The van der Waals surface area contributed by atoms with Gasteiger partial charge < -0.3 is 9.47 Å². The quantitative estimate of drug-likeness (QED) is 0.839. The van der Waals surface area contributed by atoms with E-state index in [1.165, 1.54) is 32.1 Å². The van der Waals surface area contributed by atoms with E-state index in [0.717, 1.165) is 54.1 Å². The molecule has 0 N–H and O–H groups in total. The normalized spacial score (nSPS) is 21.3. The van der Waals surface area contributed by atoms with Gasteiger partial charge in [0.15, 0.2) is 5.65 Å². The number of nitrogens with zero attached hydrogens (tertiary/aromatic N) is 4. The van der Waals surface area contributed by atoms with Crippen LogP contribution < -0.4 is 0 Å². The van der Waals surface area contributed by atoms with Crippen molar-refractivity contribution < 1.29 is 4.79 Å². The van der Waals surface area contributed by atoms with Gasteiger partial charge in [0.2, 0.25) is 0 Å². The Morgan fingerprint density at radius 3 is 2.73 bits per heavy atom. The van der Waals surface area contributed by atoms with Gasteiger partial charge in [-0.15, -0.1) is 0 Å². The Kier molecular flexibility index (Phi) is 3.80. The van der Waals surface area contributed by atoms with Gasteiger partial charge in [-0.2, -0.15) is 0 Å². The van der Waals surface area contributed by atoms with Gasteiger partial charge >= 0.3 is 0 Å². The van der Waals surface area contributed by atoms with Crippen LogP contribution in [0.1, 0.15) is 73.7 Å². The summed E-state index contributed by atoms with van der Waals surface area (Å²) in [5.41, 5.74) is 3.43. The number of aromatic nitrogens is 3. The predicted molar refractivity (Wildman–Crippen MR) is 101 cm³/mol. The Balaban J connectivity index is 1.60. The highest BCUT2D eigenvalue weighted by Crippen LogP contribution is 2.41. The largest absolute Gasteiger partial charge is 0.333 e. The van der Waals surface area contributed by atoms with E-state index in [1.54, 1.807) is 0 Å². The topological polar surface area (TPSA) is 51.0 Å². The van der Waals surface area contributed by atoms with Gasteiger partial charge in [0.1, 0.15) is 11.3 Å². The summed E-state index contributed by atoms with van der Waals surface area (Å²) in [5, 5.41) is 0. The molecule has 0 aromatic carbocycles. The second-order valence-corrected chi connectivity index (χ2v) is 8.50. The van der Waals surface area contributed by atoms with Crippen molar-refractivity contribution in [3.05, 3.63) is 23.1 Å². The Morgan fingerprint density at radius 2 is 2.00 bits per heavy atom. The molecule has 1 atom stereocenters. The van der Waals surface area contributed by atoms with Crippen LogP contribution in [0.15, 0.2) is 6.07 Å². The molecular weight excluding hydrogens is 324 g/mol. The molecule has 0 radical (unpaired) electrons. The molecule has 0 bridgehead atoms. The van der Waals surface area contributed by atoms with E-state index in [4.69, 9.17) is 9.97 Å². The zero-order chi connectivity index (χ0) is 17.8. The van der Waals surface area contributed by atoms with Gasteiger partial charge in [0.25, 0.3) is 5.91 Å². The van der Waals surface area contributed by atoms with Crippen LogP contribution in [-0.4, -0.2) is 37.4 Å². The molecule has 2 aromatic rings. The maximum atomic E-state index is 13.6. The highest BCUT2D eigenvalue weighted by atomic mass is 16.2. The number of hydrogen-bond acceptors (Lipinski definition) is 3. The van der Waals surface area contributed by atoms with E-state index >= 15 is 0 Å². The fraction of sp³-hybridized carbons (Fsp3) is 0.667. The molecule has 0 saturated heterocycles. The molecule has 3 heterocycles. The minimum Gasteiger partial charge on any atom is -0.333 e. The number of imidazole rings is 1. The Labute approximate surface area is 154 Å². The van der Waals surface area contributed by atoms with Crippen LogP contribution in [0.2, 0.25) is 0 Å². The van der Waals surface area contributed by atoms with Crippen LogP contribution in [0.3, 0.4) is 0 Å². The fourth-order valence-electron chi connectivity index (χ4n) is 4.56. The highest BCUT2D eigenvalue weighted by Gasteiger charge is 2.42. The van der Waals surface area contributed by atoms with Gasteiger partial charge in [-0.25, -0.2) is 9.97 Å². The van der Waals surface area contributed by atoms with Crippen LogP contribution in [-0.2, 0) is 13.0 Å². The monoisotopic (exact) mass is 352 g/mol. The van der Waals surface area contributed by atoms with E-state index in [9.17, 15) is 4.79 Å². The molecule has 1 unspecified atom stereocenters. The molecule has 3 aliphatic rings. The second-order valence-electron chi connectivity index (χ2n) is 8.50. The molecule has 2 saturated carbocycles. The van der Waals surface area contributed by atoms with Crippen molar-refractivity contribution in [1.82, 2.24) is 19.4 Å². The first-order chi connectivity index (χ1) is 12.6. The molecule has 0 spiro atoms. The van der Waals surface area contributed by atoms with Gasteiger partial charge in [0, 0.05) is 30.7 Å². The summed E-state index contributed by atoms with van der Waals surface area (Å²) < 4.78 is 2.26. The lowest BCUT2D eigenvalue weighted by Gasteiger charge is -2.29. The third kappa shape index (κ3) is 2.72. The first kappa shape index (κ1) is 16.3. The van der Waals surface area contributed by atoms with Crippen molar-refractivity contribution in [2.45, 2.75) is 83.8 Å². The second kappa shape index (κ2) is 6.07. The number of rotatable bonds is 4. The van der Waals surface area contributed by atoms with E-state index in [2.05, 4.69) is 16.4 Å². The van der Waals surface area contributed by atoms with E-state index < -0.39 is 0 Å². The zero-order valence-corrected chi connectivity index (χ0v) is 15.9. The van der Waals surface area contributed by atoms with Crippen molar-refractivity contribution in [3.8, 4) is 0 Å². The number of aryl methyl sites for hydroxylation is 3. The number of hydrogen-bond donors (Lipinski definition) is 0. The summed E-state index contributed by atoms with van der Waals surface area (Å²) in [7, 11) is 0. The molecule has 2 fully saturated rings. The molecule has 5 heteroatoms. The zero-order valence-electron chi connectivity index (χ0n) is 15.9. The maximum absolute atomic E-state index is 13.6. The summed E-state index contributed by atoms with van der Waals surface area (Å²) in [6, 6.07) is 2.74. The summed E-state index contributed by atoms with van der Waals surface area (Å²) in [5.74, 6) is 1.98. The molecule has 26 heavy (non-hydrogen) atoms. The van der Waals surface area contributed by atoms with Crippen LogP contribution in [0.5, 0.6) is 0 Å². The van der Waals surface area contributed by atoms with Crippen LogP contribution in [0, 0.1) is 12.8 Å². The molecule has 2 aromatic heterocycles. The minimum atomic E-state index is 0.177. The van der Waals surface area contributed by atoms with Crippen LogP contribution in [0.4, 0.5) is 0 Å². The van der Waals surface area contributed by atoms with E-state index in [1.807, 2.05) is 13.0 Å². The lowest BCUT2D eigenvalue weighted by molar-refractivity contribution is 0.0656. The third-order valence-electron chi connectivity index (χ3n) is 6.34. The minimum absolute atomic E-state index is 0.177. The summed E-state index contributed by atoms with van der Waals surface area (Å²) >= 11 is 0. The molecule has 1 aliphatic heterocycles. The number of pyridine rings is 1. The molecule has 5 rings (SSSR count). The van der Waals surface area contributed by atoms with Crippen molar-refractivity contribution in [2.24, 2.45) is 5.92 Å². The van der Waals surface area contributed by atoms with Gasteiger partial charge in [0.05, 0.1) is 5.56 Å². The average Bonchev–Trinajstić information content (AvgIpc) is 3.51. The van der Waals surface area contributed by atoms with Gasteiger partial charge in [-0.1, -0.05) is 6.42 Å². The smallest absolute Gasteiger partial charge is 0.256 e. The number of carbonyl (C=O) groups excluding carboxylic acids is 1. The van der Waals surface area contributed by atoms with Crippen molar-refractivity contribution >= 4 is 17.1 Å². The highest BCUT2D eigenvalue weighted by molar-refractivity contribution is 6.04. The van der Waals surface area contributed by atoms with Crippen LogP contribution >= 0.6 is 0 Å². The standard InChI is InChI=1S/C21H28N4O/c1-13-12-17(21(26)25(16-9-10-16)14(2)15-7-8-15)19-20(22-13)24-11-5-3-4-6-18(24)23-19/h12,14-16H,3-11H2,1-2H3. The number of amides is 1. The molecule has 2 aliphatic carbocycles. The average molecular weight is 352 g/mol. The predicted octanol–water partition coefficient (Wildman–Crippen LogP) is 3.87. The summed E-state index contributed by atoms with van der Waals surface area (Å²) in [4.78, 5) is 25.5. The Morgan fingerprint density at radius 1 is 1.19 bits per heavy atom. The van der Waals surface area contributed by atoms with Crippen molar-refractivity contribution in [3.63, 3.8) is 0 Å². The van der Waals surface area contributed by atoms with Crippen molar-refractivity contribution in [1.29, 1.82) is 0 Å². The SMILES string of the molecule is Cc1cc(C(=O)N(C2CC2)C(C)C2CC2)c2nc3n(c2n1)CCCCC3. The molecule has 1 amide bonds. The first-order valence-electron chi connectivity index (χ1n) is 10.3. The van der Waals surface area contributed by atoms with E-state index in [-0.39, 0.29) is 5.91 Å². The molecule has 5 nitrogen and oxygen atoms in total. The summed E-state index contributed by atoms with van der Waals surface area (Å²) in [6.45, 7) is 5.21. The van der Waals surface area contributed by atoms with Crippen molar-refractivity contribution in [2.75, 3.05) is 0 Å².